The van der Waals surface area contributed by atoms with Gasteiger partial charge in [-0.25, -0.2) is 8.78 Å². The van der Waals surface area contributed by atoms with E-state index in [0.29, 0.717) is 12.4 Å². The van der Waals surface area contributed by atoms with Crippen LogP contribution in [0.25, 0.3) is 0 Å². The van der Waals surface area contributed by atoms with Crippen molar-refractivity contribution in [2.24, 2.45) is 0 Å². The maximum Gasteiger partial charge on any atom is 1.00 e. The third-order valence-corrected chi connectivity index (χ3v) is 2.03. The number of aromatic hydroxyl groups is 1. The number of para-hydroxylation sites is 2. The molecule has 9 heteroatoms. The summed E-state index contributed by atoms with van der Waals surface area (Å²) in [4.78, 5) is 11.2. The first kappa shape index (κ1) is 39.1. The van der Waals surface area contributed by atoms with E-state index in [1.807, 2.05) is 6.92 Å². The topological polar surface area (TPSA) is 78.8 Å². The Balaban J connectivity index is -0.0000000635. The van der Waals surface area contributed by atoms with Crippen molar-refractivity contribution >= 4 is 6.47 Å². The summed E-state index contributed by atoms with van der Waals surface area (Å²) in [5.41, 5.74) is 0. The molecule has 1 N–H and O–H groups in total. The zero-order valence-corrected chi connectivity index (χ0v) is 22.7. The molecule has 0 spiro atoms. The summed E-state index contributed by atoms with van der Waals surface area (Å²) < 4.78 is 29.7. The number of phenolic OH excluding ortho intramolecular Hbond substituents is 1. The molecule has 5 nitrogen and oxygen atoms in total. The van der Waals surface area contributed by atoms with E-state index in [4.69, 9.17) is 19.9 Å². The van der Waals surface area contributed by atoms with Gasteiger partial charge in [0.05, 0.1) is 6.61 Å². The van der Waals surface area contributed by atoms with Crippen molar-refractivity contribution in [1.82, 2.24) is 0 Å². The van der Waals surface area contributed by atoms with Gasteiger partial charge in [0.1, 0.15) is 0 Å². The van der Waals surface area contributed by atoms with Crippen LogP contribution >= 0.6 is 0 Å². The van der Waals surface area contributed by atoms with E-state index in [1.165, 1.54) is 30.7 Å². The molecule has 0 saturated heterocycles. The van der Waals surface area contributed by atoms with Crippen molar-refractivity contribution < 1.29 is 138 Å². The molecule has 0 bridgehead atoms. The Hall–Kier alpha value is 0.603. The number of carbonyl (C=O) groups is 1. The van der Waals surface area contributed by atoms with E-state index >= 15 is 0 Å². The number of halogens is 2. The summed E-state index contributed by atoms with van der Waals surface area (Å²) in [6.45, 7) is 6.40. The molecule has 0 heterocycles. The van der Waals surface area contributed by atoms with E-state index in [-0.39, 0.29) is 130 Å². The number of hydrogen-bond acceptors (Lipinski definition) is 5. The Morgan fingerprint density at radius 2 is 1.39 bits per heavy atom. The number of rotatable bonds is 3. The fourth-order valence-corrected chi connectivity index (χ4v) is 1.17. The van der Waals surface area contributed by atoms with Crippen molar-refractivity contribution in [3.05, 3.63) is 60.2 Å². The average Bonchev–Trinajstić information content (AvgIpc) is 2.61. The van der Waals surface area contributed by atoms with Crippen LogP contribution in [-0.2, 0) is 9.68 Å². The zero-order valence-electron chi connectivity index (χ0n) is 17.4. The summed E-state index contributed by atoms with van der Waals surface area (Å²) >= 11 is 0. The van der Waals surface area contributed by atoms with Crippen LogP contribution in [0.3, 0.4) is 0 Å². The van der Waals surface area contributed by atoms with Crippen LogP contribution in [0, 0.1) is 11.6 Å². The van der Waals surface area contributed by atoms with E-state index in [0.717, 1.165) is 0 Å². The van der Waals surface area contributed by atoms with E-state index in [1.54, 1.807) is 24.3 Å². The standard InChI is InChI=1S/C8H9FO.C6H5FO.C3H8.CH2O3.CH4.2K.H/c1-2-10-8-6-4-3-5-7(8)9;7-5-3-1-2-4-6(5)8;1-3-2;2-1-4-3;;;;/h3-6H,2H2,1H3;1-4,8H;3H2,1-2H3;1,3H;1H4;;;/q;;;;;2*+1;-1/p-1. The normalized spacial score (nSPS) is 7.36. The molecule has 0 unspecified atom stereocenters. The maximum atomic E-state index is 12.7. The fourth-order valence-electron chi connectivity index (χ4n) is 1.17. The molecule has 2 rings (SSSR count). The van der Waals surface area contributed by atoms with Gasteiger partial charge in [-0.05, 0) is 31.2 Å². The Morgan fingerprint density at radius 3 is 1.68 bits per heavy atom. The van der Waals surface area contributed by atoms with Crippen LogP contribution in [-0.4, -0.2) is 18.2 Å². The minimum Gasteiger partial charge on any atom is -1.00 e. The van der Waals surface area contributed by atoms with Gasteiger partial charge in [-0.2, -0.15) is 0 Å². The Bertz CT molecular complexity index is 561. The molecule has 0 fully saturated rings. The van der Waals surface area contributed by atoms with Gasteiger partial charge in [0, 0.05) is 0 Å². The Labute approximate surface area is 253 Å². The molecule has 0 saturated carbocycles. The summed E-state index contributed by atoms with van der Waals surface area (Å²) in [6.07, 6.45) is 1.25. The van der Waals surface area contributed by atoms with Gasteiger partial charge in [0.25, 0.3) is 6.47 Å². The molecule has 0 amide bonds. The first-order chi connectivity index (χ1) is 12.0. The monoisotopic (exact) mass is 452 g/mol. The third kappa shape index (κ3) is 24.6. The smallest absolute Gasteiger partial charge is 1.00 e. The quantitative estimate of drug-likeness (QED) is 0.262. The summed E-state index contributed by atoms with van der Waals surface area (Å²) in [5.74, 6) is -0.852. The van der Waals surface area contributed by atoms with Crippen LogP contribution in [0.5, 0.6) is 11.5 Å². The molecule has 0 atom stereocenters. The molecule has 2 aromatic rings. The van der Waals surface area contributed by atoms with Crippen LogP contribution in [0.4, 0.5) is 8.78 Å². The minimum absolute atomic E-state index is 0. The van der Waals surface area contributed by atoms with Crippen molar-refractivity contribution in [3.8, 4) is 11.5 Å². The van der Waals surface area contributed by atoms with Gasteiger partial charge < -0.3 is 21.4 Å². The van der Waals surface area contributed by atoms with E-state index in [2.05, 4.69) is 18.7 Å². The summed E-state index contributed by atoms with van der Waals surface area (Å²) in [5, 5.41) is 17.0. The van der Waals surface area contributed by atoms with Crippen LogP contribution in [0.2, 0.25) is 0 Å². The number of ether oxygens (including phenoxy) is 1. The van der Waals surface area contributed by atoms with Crippen LogP contribution < -0.4 is 113 Å². The molecule has 0 radical (unpaired) electrons. The van der Waals surface area contributed by atoms with Gasteiger partial charge in [-0.15, -0.1) is 0 Å². The second kappa shape index (κ2) is 29.8. The van der Waals surface area contributed by atoms with Crippen LogP contribution in [0.1, 0.15) is 36.0 Å². The molecule has 0 aliphatic rings. The number of carbonyl (C=O) groups excluding carboxylic acids is 1. The third-order valence-electron chi connectivity index (χ3n) is 2.03. The largest absolute Gasteiger partial charge is 1.00 e. The Morgan fingerprint density at radius 1 is 1.00 bits per heavy atom. The first-order valence-electron chi connectivity index (χ1n) is 7.51. The molecule has 2 aromatic carbocycles. The molecular formula is C19H28F2K2O5. The molecular weight excluding hydrogens is 424 g/mol. The van der Waals surface area contributed by atoms with Gasteiger partial charge in [0.2, 0.25) is 0 Å². The van der Waals surface area contributed by atoms with Crippen molar-refractivity contribution in [2.75, 3.05) is 6.61 Å². The second-order valence-electron chi connectivity index (χ2n) is 4.21. The van der Waals surface area contributed by atoms with E-state index < -0.39 is 5.82 Å². The van der Waals surface area contributed by atoms with Gasteiger partial charge >= 0.3 is 103 Å². The molecule has 28 heavy (non-hydrogen) atoms. The SMILES string of the molecule is C.CCC.CCOc1ccccc1F.O=CO[O-].Oc1ccccc1F.[H-].[K+].[K+]. The number of hydrogen-bond donors (Lipinski definition) is 1. The summed E-state index contributed by atoms with van der Waals surface area (Å²) in [7, 11) is 0. The fraction of sp³-hybridized carbons (Fsp3) is 0.316. The molecule has 150 valence electrons. The van der Waals surface area contributed by atoms with Crippen molar-refractivity contribution in [2.45, 2.75) is 34.6 Å². The maximum absolute atomic E-state index is 12.7. The molecule has 0 aliphatic carbocycles. The van der Waals surface area contributed by atoms with Crippen LogP contribution in [0.15, 0.2) is 48.5 Å². The van der Waals surface area contributed by atoms with Gasteiger partial charge in [0.15, 0.2) is 23.1 Å². The zero-order chi connectivity index (χ0) is 19.5. The average molecular weight is 453 g/mol. The summed E-state index contributed by atoms with van der Waals surface area (Å²) in [6, 6.07) is 12.0. The molecule has 0 aromatic heterocycles. The van der Waals surface area contributed by atoms with Crippen molar-refractivity contribution in [3.63, 3.8) is 0 Å². The van der Waals surface area contributed by atoms with Crippen molar-refractivity contribution in [1.29, 1.82) is 0 Å². The number of phenols is 1. The predicted octanol–water partition coefficient (Wildman–Crippen LogP) is -1.64. The predicted molar refractivity (Wildman–Crippen MR) is 96.6 cm³/mol. The Kier molecular flexibility index (Phi) is 41.6. The first-order valence-corrected chi connectivity index (χ1v) is 7.51. The minimum atomic E-state index is -0.576. The molecule has 0 aliphatic heterocycles. The van der Waals surface area contributed by atoms with E-state index in [9.17, 15) is 8.78 Å². The second-order valence-corrected chi connectivity index (χ2v) is 4.21. The van der Waals surface area contributed by atoms with Gasteiger partial charge in [-0.3, -0.25) is 4.79 Å². The van der Waals surface area contributed by atoms with Gasteiger partial charge in [-0.1, -0.05) is 52.0 Å². The number of benzene rings is 2.